The Morgan fingerprint density at radius 1 is 1.00 bits per heavy atom. The van der Waals surface area contributed by atoms with E-state index in [1.807, 2.05) is 61.5 Å². The van der Waals surface area contributed by atoms with Gasteiger partial charge in [0.25, 0.3) is 5.91 Å². The van der Waals surface area contributed by atoms with Gasteiger partial charge in [-0.25, -0.2) is 0 Å². The minimum atomic E-state index is -0.465. The maximum absolute atomic E-state index is 13.0. The second kappa shape index (κ2) is 9.90. The lowest BCUT2D eigenvalue weighted by molar-refractivity contribution is -0.146. The van der Waals surface area contributed by atoms with Crippen LogP contribution in [0.2, 0.25) is 0 Å². The SMILES string of the molecule is CC1NC(c2ccccc2)=CC1C(=O)C(=O)N1CCN(c2cccc(CCC(N)=O)c2)CC1. The van der Waals surface area contributed by atoms with Crippen LogP contribution in [0.15, 0.2) is 60.7 Å². The van der Waals surface area contributed by atoms with Gasteiger partial charge in [-0.1, -0.05) is 42.5 Å². The molecule has 7 nitrogen and oxygen atoms in total. The van der Waals surface area contributed by atoms with Crippen molar-refractivity contribution in [2.45, 2.75) is 25.8 Å². The van der Waals surface area contributed by atoms with Crippen LogP contribution in [-0.2, 0) is 20.8 Å². The number of rotatable bonds is 7. The number of nitrogens with two attached hydrogens (primary N) is 1. The van der Waals surface area contributed by atoms with Gasteiger partial charge in [0.05, 0.1) is 5.92 Å². The van der Waals surface area contributed by atoms with Gasteiger partial charge in [0.1, 0.15) is 0 Å². The molecule has 3 N–H and O–H groups in total. The molecule has 0 saturated carbocycles. The molecule has 4 rings (SSSR count). The van der Waals surface area contributed by atoms with E-state index in [9.17, 15) is 14.4 Å². The van der Waals surface area contributed by atoms with E-state index in [-0.39, 0.29) is 17.7 Å². The van der Waals surface area contributed by atoms with Crippen LogP contribution in [0.4, 0.5) is 5.69 Å². The average Bonchev–Trinajstić information content (AvgIpc) is 3.24. The van der Waals surface area contributed by atoms with Gasteiger partial charge in [0, 0.05) is 50.0 Å². The second-order valence-electron chi connectivity index (χ2n) is 8.68. The number of carbonyl (C=O) groups is 3. The molecule has 0 radical (unpaired) electrons. The Morgan fingerprint density at radius 3 is 2.42 bits per heavy atom. The molecular weight excluding hydrogens is 416 g/mol. The normalized spacial score (nSPS) is 20.2. The van der Waals surface area contributed by atoms with E-state index in [0.717, 1.165) is 22.5 Å². The molecule has 0 bridgehead atoms. The summed E-state index contributed by atoms with van der Waals surface area (Å²) in [6.07, 6.45) is 2.82. The van der Waals surface area contributed by atoms with E-state index in [2.05, 4.69) is 16.3 Å². The van der Waals surface area contributed by atoms with Crippen molar-refractivity contribution in [3.05, 3.63) is 71.8 Å². The highest BCUT2D eigenvalue weighted by Gasteiger charge is 2.36. The summed E-state index contributed by atoms with van der Waals surface area (Å²) in [4.78, 5) is 40.9. The largest absolute Gasteiger partial charge is 0.381 e. The van der Waals surface area contributed by atoms with Crippen LogP contribution in [0.25, 0.3) is 5.70 Å². The number of primary amides is 1. The van der Waals surface area contributed by atoms with Gasteiger partial charge in [-0.15, -0.1) is 0 Å². The van der Waals surface area contributed by atoms with E-state index < -0.39 is 11.8 Å². The molecule has 2 amide bonds. The van der Waals surface area contributed by atoms with Crippen LogP contribution in [0.3, 0.4) is 0 Å². The third kappa shape index (κ3) is 5.25. The van der Waals surface area contributed by atoms with Gasteiger partial charge in [-0.3, -0.25) is 14.4 Å². The van der Waals surface area contributed by atoms with Crippen LogP contribution in [0, 0.1) is 5.92 Å². The van der Waals surface area contributed by atoms with Crippen molar-refractivity contribution in [2.75, 3.05) is 31.1 Å². The van der Waals surface area contributed by atoms with E-state index in [0.29, 0.717) is 39.0 Å². The first-order chi connectivity index (χ1) is 15.9. The minimum Gasteiger partial charge on any atom is -0.381 e. The average molecular weight is 447 g/mol. The number of nitrogens with one attached hydrogen (secondary N) is 1. The first-order valence-corrected chi connectivity index (χ1v) is 11.4. The smallest absolute Gasteiger partial charge is 0.290 e. The number of hydrogen-bond donors (Lipinski definition) is 2. The van der Waals surface area contributed by atoms with Gasteiger partial charge in [-0.2, -0.15) is 0 Å². The Hall–Kier alpha value is -3.61. The highest BCUT2D eigenvalue weighted by Crippen LogP contribution is 2.26. The van der Waals surface area contributed by atoms with Gasteiger partial charge >= 0.3 is 0 Å². The molecule has 2 heterocycles. The first-order valence-electron chi connectivity index (χ1n) is 11.4. The van der Waals surface area contributed by atoms with Gasteiger partial charge in [0.2, 0.25) is 11.7 Å². The van der Waals surface area contributed by atoms with E-state index in [1.165, 1.54) is 0 Å². The Morgan fingerprint density at radius 2 is 1.73 bits per heavy atom. The molecule has 7 heteroatoms. The molecule has 0 aromatic heterocycles. The molecule has 2 aromatic rings. The Labute approximate surface area is 194 Å². The number of anilines is 1. The number of amides is 2. The summed E-state index contributed by atoms with van der Waals surface area (Å²) in [5, 5.41) is 3.34. The zero-order chi connectivity index (χ0) is 23.4. The predicted octanol–water partition coefficient (Wildman–Crippen LogP) is 1.97. The maximum atomic E-state index is 13.0. The second-order valence-corrected chi connectivity index (χ2v) is 8.68. The van der Waals surface area contributed by atoms with Crippen LogP contribution in [0.1, 0.15) is 24.5 Å². The Balaban J connectivity index is 1.36. The summed E-state index contributed by atoms with van der Waals surface area (Å²) in [6.45, 7) is 4.24. The fraction of sp³-hybridized carbons (Fsp3) is 0.346. The molecule has 172 valence electrons. The molecule has 2 aliphatic heterocycles. The molecule has 2 unspecified atom stereocenters. The van der Waals surface area contributed by atoms with Crippen LogP contribution < -0.4 is 16.0 Å². The molecule has 33 heavy (non-hydrogen) atoms. The molecule has 1 fully saturated rings. The highest BCUT2D eigenvalue weighted by molar-refractivity contribution is 6.37. The summed E-state index contributed by atoms with van der Waals surface area (Å²) < 4.78 is 0. The number of Topliss-reactive ketones (excluding diaryl/α,β-unsaturated/α-hetero) is 1. The molecule has 1 saturated heterocycles. The summed E-state index contributed by atoms with van der Waals surface area (Å²) in [6, 6.07) is 17.8. The number of nitrogens with zero attached hydrogens (tertiary/aromatic N) is 2. The van der Waals surface area contributed by atoms with Crippen molar-refractivity contribution in [1.29, 1.82) is 0 Å². The summed E-state index contributed by atoms with van der Waals surface area (Å²) in [5.41, 5.74) is 9.28. The van der Waals surface area contributed by atoms with Crippen molar-refractivity contribution in [3.63, 3.8) is 0 Å². The van der Waals surface area contributed by atoms with Crippen LogP contribution in [-0.4, -0.2) is 54.7 Å². The quantitative estimate of drug-likeness (QED) is 0.634. The zero-order valence-electron chi connectivity index (χ0n) is 18.9. The lowest BCUT2D eigenvalue weighted by Gasteiger charge is -2.36. The van der Waals surface area contributed by atoms with Crippen molar-refractivity contribution < 1.29 is 14.4 Å². The highest BCUT2D eigenvalue weighted by atomic mass is 16.2. The Kier molecular flexibility index (Phi) is 6.77. The number of aryl methyl sites for hydroxylation is 1. The fourth-order valence-corrected chi connectivity index (χ4v) is 4.45. The van der Waals surface area contributed by atoms with Crippen LogP contribution in [0.5, 0.6) is 0 Å². The van der Waals surface area contributed by atoms with Crippen LogP contribution >= 0.6 is 0 Å². The lowest BCUT2D eigenvalue weighted by Crippen LogP contribution is -2.52. The number of piperazine rings is 1. The standard InChI is InChI=1S/C26H30N4O3/c1-18-22(17-23(28-18)20-7-3-2-4-8-20)25(32)26(33)30-14-12-29(13-15-30)21-9-5-6-19(16-21)10-11-24(27)31/h2-9,16-18,22,28H,10-15H2,1H3,(H2,27,31). The summed E-state index contributed by atoms with van der Waals surface area (Å²) >= 11 is 0. The molecule has 2 atom stereocenters. The third-order valence-corrected chi connectivity index (χ3v) is 6.37. The number of ketones is 1. The molecule has 0 aliphatic carbocycles. The number of hydrogen-bond acceptors (Lipinski definition) is 5. The van der Waals surface area contributed by atoms with Crippen molar-refractivity contribution in [3.8, 4) is 0 Å². The summed E-state index contributed by atoms with van der Waals surface area (Å²) in [5.74, 6) is -1.54. The van der Waals surface area contributed by atoms with E-state index in [4.69, 9.17) is 5.73 Å². The molecule has 2 aromatic carbocycles. The van der Waals surface area contributed by atoms with Gasteiger partial charge in [0.15, 0.2) is 0 Å². The molecular formula is C26H30N4O3. The van der Waals surface area contributed by atoms with Crippen molar-refractivity contribution in [1.82, 2.24) is 10.2 Å². The number of benzene rings is 2. The molecule has 2 aliphatic rings. The van der Waals surface area contributed by atoms with Crippen molar-refractivity contribution >= 4 is 29.0 Å². The zero-order valence-corrected chi connectivity index (χ0v) is 18.9. The fourth-order valence-electron chi connectivity index (χ4n) is 4.45. The Bertz CT molecular complexity index is 1060. The number of carbonyl (C=O) groups excluding carboxylic acids is 3. The first kappa shape index (κ1) is 22.6. The van der Waals surface area contributed by atoms with Gasteiger partial charge in [-0.05, 0) is 42.7 Å². The third-order valence-electron chi connectivity index (χ3n) is 6.37. The summed E-state index contributed by atoms with van der Waals surface area (Å²) in [7, 11) is 0. The van der Waals surface area contributed by atoms with E-state index >= 15 is 0 Å². The lowest BCUT2D eigenvalue weighted by atomic mass is 9.97. The predicted molar refractivity (Wildman–Crippen MR) is 128 cm³/mol. The van der Waals surface area contributed by atoms with E-state index in [1.54, 1.807) is 4.90 Å². The maximum Gasteiger partial charge on any atom is 0.290 e. The van der Waals surface area contributed by atoms with Crippen molar-refractivity contribution in [2.24, 2.45) is 11.7 Å². The minimum absolute atomic E-state index is 0.124. The van der Waals surface area contributed by atoms with Gasteiger partial charge < -0.3 is 20.9 Å². The topological polar surface area (TPSA) is 95.7 Å². The molecule has 0 spiro atoms. The monoisotopic (exact) mass is 446 g/mol.